The summed E-state index contributed by atoms with van der Waals surface area (Å²) in [5.41, 5.74) is 1.19. The van der Waals surface area contributed by atoms with Crippen molar-refractivity contribution < 1.29 is 9.84 Å². The van der Waals surface area contributed by atoms with Gasteiger partial charge in [0.2, 0.25) is 0 Å². The molecule has 3 nitrogen and oxygen atoms in total. The third-order valence-corrected chi connectivity index (χ3v) is 2.34. The van der Waals surface area contributed by atoms with Crippen LogP contribution in [0.3, 0.4) is 0 Å². The molecule has 0 aliphatic rings. The average molecular weight is 209 g/mol. The lowest BCUT2D eigenvalue weighted by molar-refractivity contribution is 0.187. The van der Waals surface area contributed by atoms with Crippen LogP contribution in [-0.2, 0) is 0 Å². The summed E-state index contributed by atoms with van der Waals surface area (Å²) >= 11 is 0. The molecule has 1 aromatic rings. The molecule has 0 heterocycles. The highest BCUT2D eigenvalue weighted by Gasteiger charge is 2.05. The maximum atomic E-state index is 9.15. The molecule has 2 N–H and O–H groups in total. The lowest BCUT2D eigenvalue weighted by Gasteiger charge is -2.15. The Hall–Kier alpha value is -1.06. The van der Waals surface area contributed by atoms with E-state index in [4.69, 9.17) is 9.84 Å². The van der Waals surface area contributed by atoms with Crippen LogP contribution in [0.2, 0.25) is 0 Å². The fourth-order valence-corrected chi connectivity index (χ4v) is 1.36. The first-order chi connectivity index (χ1) is 7.13. The van der Waals surface area contributed by atoms with Gasteiger partial charge in [0.1, 0.15) is 5.75 Å². The van der Waals surface area contributed by atoms with Gasteiger partial charge in [0.25, 0.3) is 0 Å². The summed E-state index contributed by atoms with van der Waals surface area (Å²) in [4.78, 5) is 0. The molecule has 0 aliphatic carbocycles. The first kappa shape index (κ1) is 12.0. The zero-order valence-corrected chi connectivity index (χ0v) is 9.53. The number of aliphatic hydroxyl groups is 1. The van der Waals surface area contributed by atoms with E-state index in [0.29, 0.717) is 6.54 Å². The number of benzene rings is 1. The van der Waals surface area contributed by atoms with E-state index in [2.05, 4.69) is 12.2 Å². The van der Waals surface area contributed by atoms with Crippen LogP contribution in [0, 0.1) is 0 Å². The largest absolute Gasteiger partial charge is 0.497 e. The molecule has 15 heavy (non-hydrogen) atoms. The molecule has 0 aliphatic heterocycles. The van der Waals surface area contributed by atoms with Gasteiger partial charge in [-0.25, -0.2) is 0 Å². The van der Waals surface area contributed by atoms with Gasteiger partial charge in [0.15, 0.2) is 0 Å². The van der Waals surface area contributed by atoms with Crippen LogP contribution in [0.5, 0.6) is 5.75 Å². The van der Waals surface area contributed by atoms with Crippen molar-refractivity contribution in [1.82, 2.24) is 5.32 Å². The van der Waals surface area contributed by atoms with E-state index in [1.807, 2.05) is 24.3 Å². The van der Waals surface area contributed by atoms with Crippen LogP contribution in [-0.4, -0.2) is 24.9 Å². The molecular formula is C12H19NO2. The maximum Gasteiger partial charge on any atom is 0.118 e. The Labute approximate surface area is 91.1 Å². The van der Waals surface area contributed by atoms with Crippen molar-refractivity contribution >= 4 is 0 Å². The molecule has 0 radical (unpaired) electrons. The van der Waals surface area contributed by atoms with Crippen LogP contribution >= 0.6 is 0 Å². The Morgan fingerprint density at radius 3 is 2.33 bits per heavy atom. The Morgan fingerprint density at radius 2 is 1.87 bits per heavy atom. The topological polar surface area (TPSA) is 41.5 Å². The van der Waals surface area contributed by atoms with Gasteiger partial charge >= 0.3 is 0 Å². The van der Waals surface area contributed by atoms with Gasteiger partial charge in [-0.05, 0) is 31.5 Å². The van der Waals surface area contributed by atoms with Crippen molar-refractivity contribution in [2.45, 2.75) is 26.0 Å². The van der Waals surface area contributed by atoms with E-state index in [-0.39, 0.29) is 12.1 Å². The molecule has 0 saturated heterocycles. The van der Waals surface area contributed by atoms with Gasteiger partial charge in [-0.3, -0.25) is 0 Å². The molecule has 2 atom stereocenters. The Morgan fingerprint density at radius 1 is 1.27 bits per heavy atom. The number of nitrogens with one attached hydrogen (secondary N) is 1. The van der Waals surface area contributed by atoms with Gasteiger partial charge < -0.3 is 15.2 Å². The molecule has 1 rings (SSSR count). The first-order valence-electron chi connectivity index (χ1n) is 5.19. The van der Waals surface area contributed by atoms with Crippen LogP contribution < -0.4 is 10.1 Å². The van der Waals surface area contributed by atoms with Gasteiger partial charge in [0, 0.05) is 12.6 Å². The molecule has 0 amide bonds. The molecular weight excluding hydrogens is 190 g/mol. The predicted molar refractivity (Wildman–Crippen MR) is 61.1 cm³/mol. The second-order valence-electron chi connectivity index (χ2n) is 3.75. The van der Waals surface area contributed by atoms with E-state index in [1.165, 1.54) is 5.56 Å². The minimum atomic E-state index is -0.314. The van der Waals surface area contributed by atoms with Gasteiger partial charge in [-0.15, -0.1) is 0 Å². The summed E-state index contributed by atoms with van der Waals surface area (Å²) in [6, 6.07) is 8.17. The van der Waals surface area contributed by atoms with Crippen molar-refractivity contribution in [1.29, 1.82) is 0 Å². The normalized spacial score (nSPS) is 14.7. The summed E-state index contributed by atoms with van der Waals surface area (Å²) in [5.74, 6) is 0.862. The van der Waals surface area contributed by atoms with Crippen molar-refractivity contribution in [2.24, 2.45) is 0 Å². The van der Waals surface area contributed by atoms with E-state index >= 15 is 0 Å². The highest BCUT2D eigenvalue weighted by atomic mass is 16.5. The predicted octanol–water partition coefficient (Wildman–Crippen LogP) is 1.73. The number of aliphatic hydroxyl groups excluding tert-OH is 1. The van der Waals surface area contributed by atoms with Crippen molar-refractivity contribution in [2.75, 3.05) is 13.7 Å². The third kappa shape index (κ3) is 3.90. The monoisotopic (exact) mass is 209 g/mol. The Bertz CT molecular complexity index is 282. The Kier molecular flexibility index (Phi) is 4.59. The zero-order chi connectivity index (χ0) is 11.3. The molecule has 0 aromatic heterocycles. The molecule has 0 unspecified atom stereocenters. The van der Waals surface area contributed by atoms with Crippen LogP contribution in [0.1, 0.15) is 25.5 Å². The maximum absolute atomic E-state index is 9.15. The summed E-state index contributed by atoms with van der Waals surface area (Å²) in [6.45, 7) is 4.45. The lowest BCUT2D eigenvalue weighted by Crippen LogP contribution is -2.27. The second-order valence-corrected chi connectivity index (χ2v) is 3.75. The van der Waals surface area contributed by atoms with E-state index < -0.39 is 0 Å². The quantitative estimate of drug-likeness (QED) is 0.776. The minimum absolute atomic E-state index is 0.241. The molecule has 84 valence electrons. The molecule has 0 fully saturated rings. The highest BCUT2D eigenvalue weighted by Crippen LogP contribution is 2.16. The average Bonchev–Trinajstić information content (AvgIpc) is 2.26. The van der Waals surface area contributed by atoms with Crippen molar-refractivity contribution in [3.05, 3.63) is 29.8 Å². The van der Waals surface area contributed by atoms with E-state index in [1.54, 1.807) is 14.0 Å². The molecule has 0 bridgehead atoms. The molecule has 3 heteroatoms. The smallest absolute Gasteiger partial charge is 0.118 e. The van der Waals surface area contributed by atoms with Gasteiger partial charge in [-0.2, -0.15) is 0 Å². The molecule has 1 aromatic carbocycles. The van der Waals surface area contributed by atoms with Crippen molar-refractivity contribution in [3.63, 3.8) is 0 Å². The summed E-state index contributed by atoms with van der Waals surface area (Å²) in [5, 5.41) is 12.4. The number of hydrogen-bond acceptors (Lipinski definition) is 3. The summed E-state index contributed by atoms with van der Waals surface area (Å²) < 4.78 is 5.09. The lowest BCUT2D eigenvalue weighted by atomic mass is 10.1. The summed E-state index contributed by atoms with van der Waals surface area (Å²) in [7, 11) is 1.66. The SMILES string of the molecule is COc1ccc([C@@H](C)NC[C@@H](C)O)cc1. The second kappa shape index (κ2) is 5.73. The number of ether oxygens (including phenoxy) is 1. The first-order valence-corrected chi connectivity index (χ1v) is 5.19. The van der Waals surface area contributed by atoms with E-state index in [9.17, 15) is 0 Å². The minimum Gasteiger partial charge on any atom is -0.497 e. The molecule has 0 saturated carbocycles. The number of methoxy groups -OCH3 is 1. The number of hydrogen-bond donors (Lipinski definition) is 2. The summed E-state index contributed by atoms with van der Waals surface area (Å²) in [6.07, 6.45) is -0.314. The van der Waals surface area contributed by atoms with Gasteiger partial charge in [-0.1, -0.05) is 12.1 Å². The third-order valence-electron chi connectivity index (χ3n) is 2.34. The zero-order valence-electron chi connectivity index (χ0n) is 9.53. The Balaban J connectivity index is 2.54. The van der Waals surface area contributed by atoms with Crippen LogP contribution in [0.15, 0.2) is 24.3 Å². The van der Waals surface area contributed by atoms with Crippen LogP contribution in [0.4, 0.5) is 0 Å². The van der Waals surface area contributed by atoms with Crippen molar-refractivity contribution in [3.8, 4) is 5.75 Å². The van der Waals surface area contributed by atoms with E-state index in [0.717, 1.165) is 5.75 Å². The van der Waals surface area contributed by atoms with Gasteiger partial charge in [0.05, 0.1) is 13.2 Å². The fourth-order valence-electron chi connectivity index (χ4n) is 1.36. The highest BCUT2D eigenvalue weighted by molar-refractivity contribution is 5.28. The molecule has 0 spiro atoms. The number of rotatable bonds is 5. The fraction of sp³-hybridized carbons (Fsp3) is 0.500. The van der Waals surface area contributed by atoms with Crippen LogP contribution in [0.25, 0.3) is 0 Å². The standard InChI is InChI=1S/C12H19NO2/c1-9(14)8-13-10(2)11-4-6-12(15-3)7-5-11/h4-7,9-10,13-14H,8H2,1-3H3/t9-,10-/m1/s1.